The zero-order chi connectivity index (χ0) is 9.90. The first kappa shape index (κ1) is 11.0. The summed E-state index contributed by atoms with van der Waals surface area (Å²) in [6, 6.07) is 12.1. The van der Waals surface area contributed by atoms with Crippen LogP contribution in [0.4, 0.5) is 0 Å². The first-order valence-electron chi connectivity index (χ1n) is 4.78. The van der Waals surface area contributed by atoms with Gasteiger partial charge in [0, 0.05) is 0 Å². The highest BCUT2D eigenvalue weighted by Gasteiger charge is 2.28. The van der Waals surface area contributed by atoms with Gasteiger partial charge in [-0.05, 0) is 10.6 Å². The van der Waals surface area contributed by atoms with Crippen LogP contribution in [0.3, 0.4) is 0 Å². The van der Waals surface area contributed by atoms with Gasteiger partial charge in [-0.2, -0.15) is 0 Å². The number of benzene rings is 1. The first-order valence-corrected chi connectivity index (χ1v) is 9.36. The summed E-state index contributed by atoms with van der Waals surface area (Å²) in [5.41, 5.74) is 1.46. The van der Waals surface area contributed by atoms with Crippen LogP contribution in [0.1, 0.15) is 26.3 Å². The Morgan fingerprint density at radius 3 is 2.23 bits per heavy atom. The summed E-state index contributed by atoms with van der Waals surface area (Å²) in [4.78, 5) is 0. The molecule has 2 heteroatoms. The van der Waals surface area contributed by atoms with Crippen LogP contribution in [0, 0.1) is 0 Å². The first-order chi connectivity index (χ1) is 6.09. The molecule has 0 radical (unpaired) electrons. The maximum Gasteiger partial charge on any atom is 0.124 e. The van der Waals surface area contributed by atoms with Gasteiger partial charge in [0.25, 0.3) is 0 Å². The van der Waals surface area contributed by atoms with Gasteiger partial charge in [0.2, 0.25) is 0 Å². The van der Waals surface area contributed by atoms with Crippen LogP contribution in [-0.2, 0) is 5.04 Å². The second-order valence-corrected chi connectivity index (χ2v) is 10.5. The SMILES string of the molecule is CC[SiH](Br)C(C)(C)c1ccccc1. The Morgan fingerprint density at radius 2 is 1.77 bits per heavy atom. The van der Waals surface area contributed by atoms with E-state index in [1.54, 1.807) is 0 Å². The van der Waals surface area contributed by atoms with Crippen molar-refractivity contribution in [3.63, 3.8) is 0 Å². The van der Waals surface area contributed by atoms with Crippen molar-refractivity contribution in [1.82, 2.24) is 0 Å². The van der Waals surface area contributed by atoms with Crippen molar-refractivity contribution in [2.24, 2.45) is 0 Å². The third-order valence-electron chi connectivity index (χ3n) is 2.66. The molecule has 0 saturated heterocycles. The zero-order valence-electron chi connectivity index (χ0n) is 8.55. The lowest BCUT2D eigenvalue weighted by Gasteiger charge is -2.29. The number of hydrogen-bond acceptors (Lipinski definition) is 0. The Morgan fingerprint density at radius 1 is 1.23 bits per heavy atom. The van der Waals surface area contributed by atoms with Crippen LogP contribution in [0.25, 0.3) is 0 Å². The van der Waals surface area contributed by atoms with Gasteiger partial charge < -0.3 is 0 Å². The highest BCUT2D eigenvalue weighted by Crippen LogP contribution is 2.30. The molecule has 0 spiro atoms. The molecule has 0 saturated carbocycles. The van der Waals surface area contributed by atoms with Gasteiger partial charge in [0.15, 0.2) is 0 Å². The van der Waals surface area contributed by atoms with Gasteiger partial charge >= 0.3 is 0 Å². The summed E-state index contributed by atoms with van der Waals surface area (Å²) in [5.74, 6) is 0. The molecule has 0 N–H and O–H groups in total. The summed E-state index contributed by atoms with van der Waals surface area (Å²) in [6.45, 7) is 6.96. The Balaban J connectivity index is 2.93. The van der Waals surface area contributed by atoms with E-state index < -0.39 is 7.42 Å². The summed E-state index contributed by atoms with van der Waals surface area (Å²) < 4.78 is 0. The molecule has 0 aromatic heterocycles. The fourth-order valence-electron chi connectivity index (χ4n) is 1.56. The molecule has 72 valence electrons. The zero-order valence-corrected chi connectivity index (χ0v) is 11.3. The molecular formula is C11H17BrSi. The summed E-state index contributed by atoms with van der Waals surface area (Å²) in [6.07, 6.45) is 0. The minimum absolute atomic E-state index is 0.357. The largest absolute Gasteiger partial charge is 0.130 e. The molecule has 1 aromatic rings. The lowest BCUT2D eigenvalue weighted by molar-refractivity contribution is 0.743. The van der Waals surface area contributed by atoms with E-state index in [0.29, 0.717) is 5.04 Å². The number of hydrogen-bond donors (Lipinski definition) is 0. The maximum absolute atomic E-state index is 3.87. The molecular weight excluding hydrogens is 240 g/mol. The van der Waals surface area contributed by atoms with Crippen LogP contribution in [0.15, 0.2) is 30.3 Å². The van der Waals surface area contributed by atoms with Crippen molar-refractivity contribution < 1.29 is 0 Å². The molecule has 1 aromatic carbocycles. The molecule has 0 bridgehead atoms. The summed E-state index contributed by atoms with van der Waals surface area (Å²) >= 11 is 3.87. The van der Waals surface area contributed by atoms with E-state index in [1.807, 2.05) is 0 Å². The standard InChI is InChI=1S/C11H17BrSi/c1-4-13(12)11(2,3)10-8-6-5-7-9-10/h5-9,13H,4H2,1-3H3. The number of rotatable bonds is 3. The molecule has 1 rings (SSSR count). The van der Waals surface area contributed by atoms with Crippen LogP contribution >= 0.6 is 15.3 Å². The van der Waals surface area contributed by atoms with Crippen LogP contribution in [-0.4, -0.2) is 7.42 Å². The molecule has 13 heavy (non-hydrogen) atoms. The molecule has 0 heterocycles. The fourth-order valence-corrected chi connectivity index (χ4v) is 3.93. The Kier molecular flexibility index (Phi) is 3.74. The van der Waals surface area contributed by atoms with Gasteiger partial charge in [0.05, 0.1) is 0 Å². The average Bonchev–Trinajstić information content (AvgIpc) is 2.18. The topological polar surface area (TPSA) is 0 Å². The van der Waals surface area contributed by atoms with E-state index >= 15 is 0 Å². The minimum atomic E-state index is -0.805. The third-order valence-corrected chi connectivity index (χ3v) is 10.7. The molecule has 1 unspecified atom stereocenters. The monoisotopic (exact) mass is 256 g/mol. The third kappa shape index (κ3) is 2.44. The van der Waals surface area contributed by atoms with E-state index in [1.165, 1.54) is 11.6 Å². The molecule has 0 nitrogen and oxygen atoms in total. The van der Waals surface area contributed by atoms with E-state index in [9.17, 15) is 0 Å². The molecule has 1 atom stereocenters. The Labute approximate surface area is 90.6 Å². The van der Waals surface area contributed by atoms with Gasteiger partial charge in [-0.15, -0.1) is 15.3 Å². The fraction of sp³-hybridized carbons (Fsp3) is 0.455. The van der Waals surface area contributed by atoms with Gasteiger partial charge in [0.1, 0.15) is 7.42 Å². The second kappa shape index (κ2) is 4.42. The van der Waals surface area contributed by atoms with Crippen molar-refractivity contribution in [2.75, 3.05) is 0 Å². The minimum Gasteiger partial charge on any atom is -0.130 e. The highest BCUT2D eigenvalue weighted by molar-refractivity contribution is 9.24. The van der Waals surface area contributed by atoms with Crippen LogP contribution in [0.2, 0.25) is 6.04 Å². The predicted octanol–water partition coefficient (Wildman–Crippen LogP) is 3.64. The number of halogens is 1. The molecule has 0 aliphatic heterocycles. The van der Waals surface area contributed by atoms with Crippen LogP contribution in [0.5, 0.6) is 0 Å². The summed E-state index contributed by atoms with van der Waals surface area (Å²) in [7, 11) is -0.805. The normalized spacial score (nSPS) is 14.2. The summed E-state index contributed by atoms with van der Waals surface area (Å²) in [5, 5.41) is 0.357. The van der Waals surface area contributed by atoms with Crippen molar-refractivity contribution in [3.8, 4) is 0 Å². The lowest BCUT2D eigenvalue weighted by atomic mass is 10.0. The van der Waals surface area contributed by atoms with Crippen LogP contribution < -0.4 is 0 Å². The predicted molar refractivity (Wildman–Crippen MR) is 66.0 cm³/mol. The van der Waals surface area contributed by atoms with E-state index in [0.717, 1.165) is 0 Å². The van der Waals surface area contributed by atoms with Gasteiger partial charge in [-0.1, -0.05) is 57.1 Å². The Bertz CT molecular complexity index is 256. The lowest BCUT2D eigenvalue weighted by Crippen LogP contribution is -2.32. The van der Waals surface area contributed by atoms with E-state index in [4.69, 9.17) is 0 Å². The van der Waals surface area contributed by atoms with Gasteiger partial charge in [-0.3, -0.25) is 0 Å². The Hall–Kier alpha value is -0.0831. The van der Waals surface area contributed by atoms with Gasteiger partial charge in [-0.25, -0.2) is 0 Å². The second-order valence-electron chi connectivity index (χ2n) is 3.96. The molecule has 0 fully saturated rings. The van der Waals surface area contributed by atoms with Crippen molar-refractivity contribution in [1.29, 1.82) is 0 Å². The molecule has 0 amide bonds. The van der Waals surface area contributed by atoms with Crippen molar-refractivity contribution >= 4 is 22.7 Å². The van der Waals surface area contributed by atoms with E-state index in [2.05, 4.69) is 66.4 Å². The quantitative estimate of drug-likeness (QED) is 0.573. The van der Waals surface area contributed by atoms with Crippen molar-refractivity contribution in [3.05, 3.63) is 35.9 Å². The average molecular weight is 257 g/mol. The maximum atomic E-state index is 3.87. The van der Waals surface area contributed by atoms with Crippen molar-refractivity contribution in [2.45, 2.75) is 31.9 Å². The molecule has 0 aliphatic carbocycles. The smallest absolute Gasteiger partial charge is 0.124 e. The highest BCUT2D eigenvalue weighted by atomic mass is 79.9. The van der Waals surface area contributed by atoms with E-state index in [-0.39, 0.29) is 0 Å². The molecule has 0 aliphatic rings.